The van der Waals surface area contributed by atoms with Gasteiger partial charge in [-0.25, -0.2) is 4.79 Å². The maximum Gasteiger partial charge on any atom is 0.330 e. The molecule has 0 aliphatic rings. The van der Waals surface area contributed by atoms with Crippen LogP contribution in [0.5, 0.6) is 0 Å². The Balaban J connectivity index is 2.05. The highest BCUT2D eigenvalue weighted by Gasteiger charge is 2.24. The molecule has 132 valence electrons. The van der Waals surface area contributed by atoms with Gasteiger partial charge in [0, 0.05) is 11.0 Å². The molecule has 0 saturated heterocycles. The second-order valence-corrected chi connectivity index (χ2v) is 7.13. The Bertz CT molecular complexity index is 782. The molecule has 0 radical (unpaired) electrons. The van der Waals surface area contributed by atoms with Gasteiger partial charge in [0.05, 0.1) is 22.6 Å². The van der Waals surface area contributed by atoms with Crippen molar-refractivity contribution >= 4 is 56.7 Å². The summed E-state index contributed by atoms with van der Waals surface area (Å²) in [4.78, 5) is 36.7. The van der Waals surface area contributed by atoms with Crippen LogP contribution in [0.4, 0.5) is 0 Å². The molecule has 0 bridgehead atoms. The molecule has 1 aromatic carbocycles. The number of esters is 1. The van der Waals surface area contributed by atoms with E-state index in [1.54, 1.807) is 29.6 Å². The normalized spacial score (nSPS) is 11.5. The van der Waals surface area contributed by atoms with Crippen molar-refractivity contribution in [3.63, 3.8) is 0 Å². The van der Waals surface area contributed by atoms with Crippen molar-refractivity contribution < 1.29 is 19.1 Å². The number of hydrogen-bond acceptors (Lipinski definition) is 5. The topological polar surface area (TPSA) is 84.5 Å². The summed E-state index contributed by atoms with van der Waals surface area (Å²) in [5.41, 5.74) is 0.211. The van der Waals surface area contributed by atoms with Crippen molar-refractivity contribution in [2.75, 3.05) is 13.7 Å². The Morgan fingerprint density at radius 3 is 2.64 bits per heavy atom. The third-order valence-corrected chi connectivity index (χ3v) is 4.85. The fourth-order valence-corrected chi connectivity index (χ4v) is 3.33. The van der Waals surface area contributed by atoms with Gasteiger partial charge in [-0.05, 0) is 29.6 Å². The molecule has 25 heavy (non-hydrogen) atoms. The summed E-state index contributed by atoms with van der Waals surface area (Å²) < 4.78 is 5.40. The molecule has 9 heteroatoms. The largest absolute Gasteiger partial charge is 0.467 e. The quantitative estimate of drug-likeness (QED) is 0.670. The molecule has 6 nitrogen and oxygen atoms in total. The highest BCUT2D eigenvalue weighted by molar-refractivity contribution is 9.10. The minimum Gasteiger partial charge on any atom is -0.467 e. The Kier molecular flexibility index (Phi) is 6.98. The number of methoxy groups -OCH3 is 1. The van der Waals surface area contributed by atoms with Gasteiger partial charge in [-0.2, -0.15) is 0 Å². The van der Waals surface area contributed by atoms with Gasteiger partial charge in [0.15, 0.2) is 0 Å². The van der Waals surface area contributed by atoms with Gasteiger partial charge in [0.25, 0.3) is 11.8 Å². The molecule has 0 fully saturated rings. The lowest BCUT2D eigenvalue weighted by Crippen LogP contribution is -2.49. The highest BCUT2D eigenvalue weighted by Crippen LogP contribution is 2.21. The Hall–Kier alpha value is -1.90. The van der Waals surface area contributed by atoms with Crippen LogP contribution >= 0.6 is 38.9 Å². The SMILES string of the molecule is COC(=O)C(CNC(=O)c1cccs1)NC(=O)c1ccc(Br)cc1Cl. The lowest BCUT2D eigenvalue weighted by atomic mass is 10.2. The predicted molar refractivity (Wildman–Crippen MR) is 99.1 cm³/mol. The first-order valence-corrected chi connectivity index (χ1v) is 9.13. The predicted octanol–water partition coefficient (Wildman–Crippen LogP) is 2.87. The number of rotatable bonds is 6. The molecular formula is C16H14BrClN2O4S. The maximum atomic E-state index is 12.4. The second kappa shape index (κ2) is 8.98. The molecular weight excluding hydrogens is 432 g/mol. The van der Waals surface area contributed by atoms with Gasteiger partial charge in [-0.1, -0.05) is 33.6 Å². The first-order valence-electron chi connectivity index (χ1n) is 7.08. The molecule has 1 unspecified atom stereocenters. The average Bonchev–Trinajstić information content (AvgIpc) is 3.12. The van der Waals surface area contributed by atoms with Gasteiger partial charge >= 0.3 is 5.97 Å². The standard InChI is InChI=1S/C16H14BrClN2O4S/c1-24-16(23)12(8-19-15(22)13-3-2-6-25-13)20-14(21)10-5-4-9(17)7-11(10)18/h2-7,12H,8H2,1H3,(H,19,22)(H,20,21). The van der Waals surface area contributed by atoms with Crippen LogP contribution in [-0.4, -0.2) is 37.5 Å². The van der Waals surface area contributed by atoms with Crippen LogP contribution in [0.15, 0.2) is 40.2 Å². The molecule has 0 spiro atoms. The van der Waals surface area contributed by atoms with Crippen LogP contribution in [0.3, 0.4) is 0 Å². The van der Waals surface area contributed by atoms with E-state index < -0.39 is 17.9 Å². The van der Waals surface area contributed by atoms with Crippen LogP contribution in [0.2, 0.25) is 5.02 Å². The van der Waals surface area contributed by atoms with Crippen molar-refractivity contribution in [1.82, 2.24) is 10.6 Å². The van der Waals surface area contributed by atoms with E-state index in [0.717, 1.165) is 4.47 Å². The zero-order valence-electron chi connectivity index (χ0n) is 13.0. The number of thiophene rings is 1. The van der Waals surface area contributed by atoms with Crippen LogP contribution in [0.25, 0.3) is 0 Å². The zero-order chi connectivity index (χ0) is 18.4. The van der Waals surface area contributed by atoms with E-state index in [-0.39, 0.29) is 23.0 Å². The van der Waals surface area contributed by atoms with Gasteiger partial charge in [0.1, 0.15) is 6.04 Å². The summed E-state index contributed by atoms with van der Waals surface area (Å²) >= 11 is 10.6. The van der Waals surface area contributed by atoms with E-state index in [4.69, 9.17) is 11.6 Å². The third-order valence-electron chi connectivity index (χ3n) is 3.18. The number of halogens is 2. The number of nitrogens with one attached hydrogen (secondary N) is 2. The summed E-state index contributed by atoms with van der Waals surface area (Å²) in [6.07, 6.45) is 0. The second-order valence-electron chi connectivity index (χ2n) is 4.86. The number of benzene rings is 1. The zero-order valence-corrected chi connectivity index (χ0v) is 16.2. The number of carbonyl (C=O) groups is 3. The fraction of sp³-hybridized carbons (Fsp3) is 0.188. The smallest absolute Gasteiger partial charge is 0.330 e. The highest BCUT2D eigenvalue weighted by atomic mass is 79.9. The monoisotopic (exact) mass is 444 g/mol. The number of hydrogen-bond donors (Lipinski definition) is 2. The van der Waals surface area contributed by atoms with E-state index in [2.05, 4.69) is 31.3 Å². The summed E-state index contributed by atoms with van der Waals surface area (Å²) in [6.45, 7) is -0.108. The Labute approximate surface area is 161 Å². The van der Waals surface area contributed by atoms with E-state index in [1.165, 1.54) is 24.5 Å². The average molecular weight is 446 g/mol. The lowest BCUT2D eigenvalue weighted by molar-refractivity contribution is -0.142. The van der Waals surface area contributed by atoms with Crippen molar-refractivity contribution in [2.45, 2.75) is 6.04 Å². The van der Waals surface area contributed by atoms with Crippen LogP contribution < -0.4 is 10.6 Å². The van der Waals surface area contributed by atoms with Gasteiger partial charge in [-0.15, -0.1) is 11.3 Å². The molecule has 0 aliphatic heterocycles. The molecule has 2 aromatic rings. The van der Waals surface area contributed by atoms with Gasteiger partial charge in [0.2, 0.25) is 0 Å². The minimum absolute atomic E-state index is 0.108. The van der Waals surface area contributed by atoms with E-state index in [1.807, 2.05) is 0 Å². The molecule has 1 heterocycles. The minimum atomic E-state index is -1.04. The molecule has 2 N–H and O–H groups in total. The van der Waals surface area contributed by atoms with Crippen molar-refractivity contribution in [3.05, 3.63) is 55.6 Å². The van der Waals surface area contributed by atoms with Crippen LogP contribution in [-0.2, 0) is 9.53 Å². The molecule has 1 aromatic heterocycles. The number of carbonyl (C=O) groups excluding carboxylic acids is 3. The first kappa shape index (κ1) is 19.4. The fourth-order valence-electron chi connectivity index (χ4n) is 1.93. The first-order chi connectivity index (χ1) is 11.9. The number of ether oxygens (including phenoxy) is 1. The summed E-state index contributed by atoms with van der Waals surface area (Å²) in [5.74, 6) is -1.55. The van der Waals surface area contributed by atoms with Crippen LogP contribution in [0.1, 0.15) is 20.0 Å². The molecule has 2 rings (SSSR count). The van der Waals surface area contributed by atoms with Crippen molar-refractivity contribution in [3.8, 4) is 0 Å². The van der Waals surface area contributed by atoms with Crippen molar-refractivity contribution in [1.29, 1.82) is 0 Å². The van der Waals surface area contributed by atoms with E-state index in [0.29, 0.717) is 4.88 Å². The van der Waals surface area contributed by atoms with Crippen molar-refractivity contribution in [2.24, 2.45) is 0 Å². The molecule has 0 aliphatic carbocycles. The lowest BCUT2D eigenvalue weighted by Gasteiger charge is -2.17. The molecule has 0 saturated carbocycles. The van der Waals surface area contributed by atoms with Crippen LogP contribution in [0, 0.1) is 0 Å². The Morgan fingerprint density at radius 2 is 2.04 bits per heavy atom. The number of amides is 2. The molecule has 1 atom stereocenters. The molecule has 2 amide bonds. The van der Waals surface area contributed by atoms with Gasteiger partial charge in [-0.3, -0.25) is 9.59 Å². The maximum absolute atomic E-state index is 12.4. The Morgan fingerprint density at radius 1 is 1.28 bits per heavy atom. The summed E-state index contributed by atoms with van der Waals surface area (Å²) in [5, 5.41) is 7.12. The van der Waals surface area contributed by atoms with Gasteiger partial charge < -0.3 is 15.4 Å². The summed E-state index contributed by atoms with van der Waals surface area (Å²) in [6, 6.07) is 7.12. The summed E-state index contributed by atoms with van der Waals surface area (Å²) in [7, 11) is 1.20. The van der Waals surface area contributed by atoms with E-state index >= 15 is 0 Å². The van der Waals surface area contributed by atoms with E-state index in [9.17, 15) is 14.4 Å². The third kappa shape index (κ3) is 5.29.